The third kappa shape index (κ3) is 7.44. The number of halogens is 1. The van der Waals surface area contributed by atoms with Crippen molar-refractivity contribution in [1.29, 1.82) is 0 Å². The first kappa shape index (κ1) is 23.9. The lowest BCUT2D eigenvalue weighted by Gasteiger charge is -2.17. The van der Waals surface area contributed by atoms with Crippen molar-refractivity contribution >= 4 is 51.6 Å². The normalized spacial score (nSPS) is 13.3. The molecule has 3 N–H and O–H groups in total. The average Bonchev–Trinajstić information content (AvgIpc) is 2.96. The van der Waals surface area contributed by atoms with E-state index in [4.69, 9.17) is 0 Å². The van der Waals surface area contributed by atoms with Gasteiger partial charge in [-0.2, -0.15) is 0 Å². The highest BCUT2D eigenvalue weighted by molar-refractivity contribution is 14.0. The molecule has 1 aromatic carbocycles. The van der Waals surface area contributed by atoms with Crippen molar-refractivity contribution in [3.63, 3.8) is 0 Å². The van der Waals surface area contributed by atoms with Gasteiger partial charge in [0, 0.05) is 51.5 Å². The fourth-order valence-corrected chi connectivity index (χ4v) is 3.58. The maximum atomic E-state index is 12.1. The summed E-state index contributed by atoms with van der Waals surface area (Å²) in [5.41, 5.74) is 3.75. The highest BCUT2D eigenvalue weighted by Crippen LogP contribution is 2.19. The van der Waals surface area contributed by atoms with Gasteiger partial charge in [-0.15, -0.1) is 24.0 Å². The molecule has 1 heterocycles. The monoisotopic (exact) mass is 504 g/mol. The first-order chi connectivity index (χ1) is 12.3. The number of H-pyrrole nitrogens is 1. The zero-order chi connectivity index (χ0) is 19.2. The van der Waals surface area contributed by atoms with Gasteiger partial charge in [0.25, 0.3) is 0 Å². The third-order valence-corrected chi connectivity index (χ3v) is 6.10. The van der Waals surface area contributed by atoms with E-state index in [0.717, 1.165) is 25.5 Å². The first-order valence-electron chi connectivity index (χ1n) is 9.28. The number of aromatic nitrogens is 1. The number of rotatable bonds is 7. The predicted molar refractivity (Wildman–Crippen MR) is 129 cm³/mol. The first-order valence-corrected chi connectivity index (χ1v) is 10.6. The van der Waals surface area contributed by atoms with E-state index in [9.17, 15) is 4.21 Å². The number of aryl methyl sites for hydroxylation is 1. The molecule has 0 spiro atoms. The van der Waals surface area contributed by atoms with Crippen LogP contribution in [0.5, 0.6) is 0 Å². The Labute approximate surface area is 182 Å². The molecule has 0 fully saturated rings. The van der Waals surface area contributed by atoms with Crippen LogP contribution >= 0.6 is 24.0 Å². The van der Waals surface area contributed by atoms with Gasteiger partial charge < -0.3 is 15.6 Å². The van der Waals surface area contributed by atoms with E-state index in [1.807, 2.05) is 27.7 Å². The van der Waals surface area contributed by atoms with Crippen LogP contribution in [-0.4, -0.2) is 45.3 Å². The minimum atomic E-state index is -0.872. The van der Waals surface area contributed by atoms with Crippen LogP contribution in [0.3, 0.4) is 0 Å². The molecule has 0 aliphatic rings. The summed E-state index contributed by atoms with van der Waals surface area (Å²) in [7, 11) is -0.872. The molecule has 0 saturated heterocycles. The summed E-state index contributed by atoms with van der Waals surface area (Å²) < 4.78 is 11.9. The van der Waals surface area contributed by atoms with Crippen molar-refractivity contribution in [3.05, 3.63) is 35.5 Å². The molecule has 2 aromatic rings. The smallest absolute Gasteiger partial charge is 0.191 e. The number of fused-ring (bicyclic) bond motifs is 1. The number of nitrogens with one attached hydrogen (secondary N) is 3. The Kier molecular flexibility index (Phi) is 9.80. The number of aliphatic imine (C=N–C) groups is 1. The van der Waals surface area contributed by atoms with Gasteiger partial charge in [-0.25, -0.2) is 0 Å². The molecule has 0 radical (unpaired) electrons. The molecule has 0 amide bonds. The number of aromatic amines is 1. The summed E-state index contributed by atoms with van der Waals surface area (Å²) in [6.07, 6.45) is 3.00. The van der Waals surface area contributed by atoms with Crippen molar-refractivity contribution in [2.75, 3.05) is 25.4 Å². The molecule has 2 rings (SSSR count). The highest BCUT2D eigenvalue weighted by atomic mass is 127. The van der Waals surface area contributed by atoms with Crippen molar-refractivity contribution < 1.29 is 4.21 Å². The fourth-order valence-electron chi connectivity index (χ4n) is 2.71. The van der Waals surface area contributed by atoms with Crippen LogP contribution in [0.1, 0.15) is 38.8 Å². The van der Waals surface area contributed by atoms with E-state index in [0.29, 0.717) is 12.3 Å². The summed E-state index contributed by atoms with van der Waals surface area (Å²) in [6.45, 7) is 12.3. The second kappa shape index (κ2) is 11.0. The molecule has 1 atom stereocenters. The highest BCUT2D eigenvalue weighted by Gasteiger charge is 2.18. The number of guanidine groups is 1. The maximum Gasteiger partial charge on any atom is 0.191 e. The molecule has 27 heavy (non-hydrogen) atoms. The van der Waals surface area contributed by atoms with Crippen LogP contribution in [-0.2, 0) is 17.2 Å². The second-order valence-electron chi connectivity index (χ2n) is 7.46. The van der Waals surface area contributed by atoms with Crippen LogP contribution in [0.4, 0.5) is 0 Å². The molecular weight excluding hydrogens is 471 g/mol. The standard InChI is InChI=1S/C20H32N4OS.HI/c1-6-21-19(23-11-12-26(25)20(3,4)5)22-10-9-16-14-24-18-13-15(2)7-8-17(16)18;/h7-8,13-14,24H,6,9-12H2,1-5H3,(H2,21,22,23);1H. The fraction of sp³-hybridized carbons (Fsp3) is 0.550. The van der Waals surface area contributed by atoms with Gasteiger partial charge in [0.2, 0.25) is 0 Å². The number of hydrogen-bond donors (Lipinski definition) is 3. The summed E-state index contributed by atoms with van der Waals surface area (Å²) in [4.78, 5) is 7.90. The van der Waals surface area contributed by atoms with Gasteiger partial charge in [-0.1, -0.05) is 12.1 Å². The molecule has 1 unspecified atom stereocenters. The van der Waals surface area contributed by atoms with E-state index in [1.54, 1.807) is 0 Å². The van der Waals surface area contributed by atoms with Gasteiger partial charge >= 0.3 is 0 Å². The molecule has 0 aliphatic heterocycles. The molecule has 0 aliphatic carbocycles. The molecule has 0 bridgehead atoms. The van der Waals surface area contributed by atoms with Gasteiger partial charge in [-0.3, -0.25) is 9.20 Å². The Balaban J connectivity index is 0.00000364. The van der Waals surface area contributed by atoms with E-state index in [1.165, 1.54) is 22.0 Å². The van der Waals surface area contributed by atoms with Crippen molar-refractivity contribution in [2.45, 2.75) is 45.8 Å². The van der Waals surface area contributed by atoms with Crippen molar-refractivity contribution in [3.8, 4) is 0 Å². The van der Waals surface area contributed by atoms with E-state index >= 15 is 0 Å². The Morgan fingerprint density at radius 2 is 2.00 bits per heavy atom. The Hall–Kier alpha value is -1.09. The zero-order valence-electron chi connectivity index (χ0n) is 17.0. The van der Waals surface area contributed by atoms with Gasteiger partial charge in [0.1, 0.15) is 0 Å². The van der Waals surface area contributed by atoms with Crippen LogP contribution in [0.15, 0.2) is 29.4 Å². The maximum absolute atomic E-state index is 12.1. The summed E-state index contributed by atoms with van der Waals surface area (Å²) in [6, 6.07) is 6.50. The Morgan fingerprint density at radius 3 is 2.67 bits per heavy atom. The van der Waals surface area contributed by atoms with E-state index in [-0.39, 0.29) is 28.7 Å². The largest absolute Gasteiger partial charge is 0.361 e. The third-order valence-electron chi connectivity index (χ3n) is 4.18. The molecule has 0 saturated carbocycles. The van der Waals surface area contributed by atoms with E-state index < -0.39 is 10.8 Å². The van der Waals surface area contributed by atoms with Crippen molar-refractivity contribution in [2.24, 2.45) is 4.99 Å². The van der Waals surface area contributed by atoms with Gasteiger partial charge in [0.15, 0.2) is 5.96 Å². The Morgan fingerprint density at radius 1 is 1.26 bits per heavy atom. The van der Waals surface area contributed by atoms with Crippen LogP contribution in [0, 0.1) is 6.92 Å². The number of benzene rings is 1. The van der Waals surface area contributed by atoms with Crippen molar-refractivity contribution in [1.82, 2.24) is 15.6 Å². The van der Waals surface area contributed by atoms with E-state index in [2.05, 4.69) is 51.9 Å². The Bertz CT molecular complexity index is 780. The molecule has 5 nitrogen and oxygen atoms in total. The molecule has 152 valence electrons. The van der Waals surface area contributed by atoms with Crippen LogP contribution in [0.25, 0.3) is 10.9 Å². The molecule has 7 heteroatoms. The summed E-state index contributed by atoms with van der Waals surface area (Å²) in [5, 5.41) is 7.90. The van der Waals surface area contributed by atoms with Crippen LogP contribution < -0.4 is 10.6 Å². The van der Waals surface area contributed by atoms with Crippen LogP contribution in [0.2, 0.25) is 0 Å². The SMILES string of the molecule is CCNC(=NCCS(=O)C(C)(C)C)NCCc1c[nH]c2cc(C)ccc12.I. The number of hydrogen-bond acceptors (Lipinski definition) is 2. The molecule has 1 aromatic heterocycles. The number of nitrogens with zero attached hydrogens (tertiary/aromatic N) is 1. The summed E-state index contributed by atoms with van der Waals surface area (Å²) in [5.74, 6) is 1.37. The van der Waals surface area contributed by atoms with Gasteiger partial charge in [0.05, 0.1) is 6.54 Å². The zero-order valence-corrected chi connectivity index (χ0v) is 20.2. The lowest BCUT2D eigenvalue weighted by atomic mass is 10.1. The molecular formula is C20H33IN4OS. The van der Waals surface area contributed by atoms with Gasteiger partial charge in [-0.05, 0) is 58.2 Å². The quantitative estimate of drug-likeness (QED) is 0.306. The topological polar surface area (TPSA) is 69.3 Å². The lowest BCUT2D eigenvalue weighted by molar-refractivity contribution is 0.648. The minimum absolute atomic E-state index is 0. The average molecular weight is 504 g/mol. The lowest BCUT2D eigenvalue weighted by Crippen LogP contribution is -2.38. The predicted octanol–water partition coefficient (Wildman–Crippen LogP) is 3.74. The minimum Gasteiger partial charge on any atom is -0.361 e. The summed E-state index contributed by atoms with van der Waals surface area (Å²) >= 11 is 0. The second-order valence-corrected chi connectivity index (χ2v) is 9.79.